The van der Waals surface area contributed by atoms with Crippen LogP contribution in [0.5, 0.6) is 0 Å². The molecule has 5 heteroatoms. The van der Waals surface area contributed by atoms with Crippen LogP contribution in [0.3, 0.4) is 0 Å². The number of ether oxygens (including phenoxy) is 1. The summed E-state index contributed by atoms with van der Waals surface area (Å²) in [6.07, 6.45) is 4.65. The standard InChI is InChI=1S/C13H18BrClN2O/c14-11-5-1-4-10(13(11)15)12(17-16)7-6-9-3-2-8-18-9/h1,4-5,9,12,17H,2-3,6-8,16H2. The van der Waals surface area contributed by atoms with Crippen molar-refractivity contribution in [1.29, 1.82) is 0 Å². The van der Waals surface area contributed by atoms with Crippen LogP contribution in [0.2, 0.25) is 5.02 Å². The Hall–Kier alpha value is -0.130. The van der Waals surface area contributed by atoms with E-state index in [0.29, 0.717) is 6.10 Å². The zero-order chi connectivity index (χ0) is 13.0. The molecular weight excluding hydrogens is 316 g/mol. The van der Waals surface area contributed by atoms with E-state index in [4.69, 9.17) is 22.2 Å². The van der Waals surface area contributed by atoms with Gasteiger partial charge in [-0.15, -0.1) is 0 Å². The highest BCUT2D eigenvalue weighted by Gasteiger charge is 2.20. The number of halogens is 2. The van der Waals surface area contributed by atoms with Crippen LogP contribution in [0, 0.1) is 0 Å². The fraction of sp³-hybridized carbons (Fsp3) is 0.538. The van der Waals surface area contributed by atoms with Gasteiger partial charge < -0.3 is 4.74 Å². The molecule has 1 aliphatic heterocycles. The summed E-state index contributed by atoms with van der Waals surface area (Å²) in [5.74, 6) is 5.64. The summed E-state index contributed by atoms with van der Waals surface area (Å²) < 4.78 is 6.53. The molecule has 100 valence electrons. The highest BCUT2D eigenvalue weighted by Crippen LogP contribution is 2.32. The first kappa shape index (κ1) is 14.3. The topological polar surface area (TPSA) is 47.3 Å². The maximum absolute atomic E-state index is 6.29. The molecule has 3 nitrogen and oxygen atoms in total. The fourth-order valence-corrected chi connectivity index (χ4v) is 2.98. The molecule has 2 rings (SSSR count). The van der Waals surface area contributed by atoms with Crippen LogP contribution in [0.15, 0.2) is 22.7 Å². The zero-order valence-electron chi connectivity index (χ0n) is 10.2. The van der Waals surface area contributed by atoms with E-state index in [9.17, 15) is 0 Å². The third-order valence-corrected chi connectivity index (χ3v) is 4.67. The van der Waals surface area contributed by atoms with Gasteiger partial charge in [0.25, 0.3) is 0 Å². The van der Waals surface area contributed by atoms with E-state index < -0.39 is 0 Å². The molecule has 0 saturated carbocycles. The highest BCUT2D eigenvalue weighted by molar-refractivity contribution is 9.10. The van der Waals surface area contributed by atoms with Crippen LogP contribution < -0.4 is 11.3 Å². The fourth-order valence-electron chi connectivity index (χ4n) is 2.34. The van der Waals surface area contributed by atoms with Crippen LogP contribution in [0.1, 0.15) is 37.3 Å². The van der Waals surface area contributed by atoms with Crippen LogP contribution >= 0.6 is 27.5 Å². The molecule has 1 saturated heterocycles. The van der Waals surface area contributed by atoms with E-state index in [-0.39, 0.29) is 6.04 Å². The van der Waals surface area contributed by atoms with Gasteiger partial charge in [-0.2, -0.15) is 0 Å². The van der Waals surface area contributed by atoms with Gasteiger partial charge in [0.1, 0.15) is 0 Å². The van der Waals surface area contributed by atoms with Crippen molar-refractivity contribution in [2.45, 2.75) is 37.8 Å². The number of rotatable bonds is 5. The second-order valence-corrected chi connectivity index (χ2v) is 5.81. The van der Waals surface area contributed by atoms with Crippen molar-refractivity contribution in [3.05, 3.63) is 33.3 Å². The number of hydrogen-bond donors (Lipinski definition) is 2. The Morgan fingerprint density at radius 1 is 1.56 bits per heavy atom. The number of hydrazine groups is 1. The smallest absolute Gasteiger partial charge is 0.0596 e. The number of nitrogens with one attached hydrogen (secondary N) is 1. The summed E-state index contributed by atoms with van der Waals surface area (Å²) in [6, 6.07) is 5.98. The number of hydrogen-bond acceptors (Lipinski definition) is 3. The molecule has 1 heterocycles. The lowest BCUT2D eigenvalue weighted by Gasteiger charge is -2.20. The van der Waals surface area contributed by atoms with Crippen LogP contribution in [-0.2, 0) is 4.74 Å². The Balaban J connectivity index is 2.00. The van der Waals surface area contributed by atoms with Gasteiger partial charge >= 0.3 is 0 Å². The van der Waals surface area contributed by atoms with Crippen LogP contribution in [0.4, 0.5) is 0 Å². The van der Waals surface area contributed by atoms with Crippen molar-refractivity contribution < 1.29 is 4.74 Å². The summed E-state index contributed by atoms with van der Waals surface area (Å²) in [4.78, 5) is 0. The molecule has 0 bridgehead atoms. The SMILES string of the molecule is NNC(CCC1CCCO1)c1cccc(Br)c1Cl. The van der Waals surface area contributed by atoms with E-state index in [2.05, 4.69) is 21.4 Å². The predicted octanol–water partition coefficient (Wildman–Crippen LogP) is 3.57. The molecule has 0 amide bonds. The minimum atomic E-state index is 0.0687. The van der Waals surface area contributed by atoms with Crippen molar-refractivity contribution in [2.75, 3.05) is 6.61 Å². The second-order valence-electron chi connectivity index (χ2n) is 4.57. The predicted molar refractivity (Wildman–Crippen MR) is 77.4 cm³/mol. The Kier molecular flexibility index (Phi) is 5.45. The lowest BCUT2D eigenvalue weighted by atomic mass is 10.00. The largest absolute Gasteiger partial charge is 0.378 e. The third kappa shape index (κ3) is 3.45. The van der Waals surface area contributed by atoms with Crippen molar-refractivity contribution in [3.8, 4) is 0 Å². The first-order valence-electron chi connectivity index (χ1n) is 6.24. The van der Waals surface area contributed by atoms with Crippen LogP contribution in [0.25, 0.3) is 0 Å². The summed E-state index contributed by atoms with van der Waals surface area (Å²) in [7, 11) is 0. The Morgan fingerprint density at radius 3 is 3.06 bits per heavy atom. The van der Waals surface area contributed by atoms with Gasteiger partial charge in [0.05, 0.1) is 11.1 Å². The Morgan fingerprint density at radius 2 is 2.39 bits per heavy atom. The number of benzene rings is 1. The first-order valence-corrected chi connectivity index (χ1v) is 7.41. The molecule has 1 fully saturated rings. The molecule has 1 aromatic carbocycles. The summed E-state index contributed by atoms with van der Waals surface area (Å²) >= 11 is 9.72. The van der Waals surface area contributed by atoms with E-state index >= 15 is 0 Å². The average molecular weight is 334 g/mol. The van der Waals surface area contributed by atoms with E-state index in [0.717, 1.165) is 40.9 Å². The van der Waals surface area contributed by atoms with Crippen molar-refractivity contribution in [2.24, 2.45) is 5.84 Å². The van der Waals surface area contributed by atoms with E-state index in [1.165, 1.54) is 6.42 Å². The summed E-state index contributed by atoms with van der Waals surface area (Å²) in [6.45, 7) is 0.892. The van der Waals surface area contributed by atoms with E-state index in [1.54, 1.807) is 0 Å². The van der Waals surface area contributed by atoms with Gasteiger partial charge in [-0.3, -0.25) is 11.3 Å². The lowest BCUT2D eigenvalue weighted by Crippen LogP contribution is -2.29. The van der Waals surface area contributed by atoms with Gasteiger partial charge in [-0.25, -0.2) is 0 Å². The average Bonchev–Trinajstić information content (AvgIpc) is 2.88. The molecule has 0 aliphatic carbocycles. The monoisotopic (exact) mass is 332 g/mol. The van der Waals surface area contributed by atoms with Gasteiger partial charge in [0.15, 0.2) is 0 Å². The van der Waals surface area contributed by atoms with Crippen LogP contribution in [-0.4, -0.2) is 12.7 Å². The zero-order valence-corrected chi connectivity index (χ0v) is 12.5. The van der Waals surface area contributed by atoms with Gasteiger partial charge in [-0.05, 0) is 53.2 Å². The minimum absolute atomic E-state index is 0.0687. The molecule has 1 aliphatic rings. The van der Waals surface area contributed by atoms with Gasteiger partial charge in [0.2, 0.25) is 0 Å². The molecule has 18 heavy (non-hydrogen) atoms. The molecule has 2 atom stereocenters. The molecule has 3 N–H and O–H groups in total. The van der Waals surface area contributed by atoms with Crippen molar-refractivity contribution >= 4 is 27.5 Å². The van der Waals surface area contributed by atoms with Crippen molar-refractivity contribution in [1.82, 2.24) is 5.43 Å². The third-order valence-electron chi connectivity index (χ3n) is 3.36. The van der Waals surface area contributed by atoms with Gasteiger partial charge in [0, 0.05) is 17.1 Å². The maximum Gasteiger partial charge on any atom is 0.0596 e. The molecule has 0 aromatic heterocycles. The Bertz CT molecular complexity index is 397. The highest BCUT2D eigenvalue weighted by atomic mass is 79.9. The quantitative estimate of drug-likeness (QED) is 0.640. The minimum Gasteiger partial charge on any atom is -0.378 e. The summed E-state index contributed by atoms with van der Waals surface area (Å²) in [5, 5.41) is 0.729. The molecule has 1 aromatic rings. The van der Waals surface area contributed by atoms with Crippen molar-refractivity contribution in [3.63, 3.8) is 0 Å². The molecule has 2 unspecified atom stereocenters. The second kappa shape index (κ2) is 6.87. The summed E-state index contributed by atoms with van der Waals surface area (Å²) in [5.41, 5.74) is 3.88. The lowest BCUT2D eigenvalue weighted by molar-refractivity contribution is 0.0996. The molecule has 0 radical (unpaired) electrons. The van der Waals surface area contributed by atoms with E-state index in [1.807, 2.05) is 18.2 Å². The first-order chi connectivity index (χ1) is 8.72. The molecular formula is C13H18BrClN2O. The van der Waals surface area contributed by atoms with Gasteiger partial charge in [-0.1, -0.05) is 23.7 Å². The molecule has 0 spiro atoms. The maximum atomic E-state index is 6.29. The normalized spacial score (nSPS) is 21.2. The number of nitrogens with two attached hydrogens (primary N) is 1. The Labute approximate surface area is 121 Å².